The van der Waals surface area contributed by atoms with Crippen LogP contribution in [0.4, 0.5) is 0 Å². The molecule has 0 radical (unpaired) electrons. The van der Waals surface area contributed by atoms with Crippen LogP contribution in [0.1, 0.15) is 48.6 Å². The lowest BCUT2D eigenvalue weighted by atomic mass is 9.83. The number of aromatic amines is 1. The third-order valence-corrected chi connectivity index (χ3v) is 4.63. The molecule has 0 atom stereocenters. The van der Waals surface area contributed by atoms with E-state index < -0.39 is 0 Å². The Labute approximate surface area is 105 Å². The van der Waals surface area contributed by atoms with Gasteiger partial charge in [0.25, 0.3) is 0 Å². The van der Waals surface area contributed by atoms with E-state index in [-0.39, 0.29) is 0 Å². The Morgan fingerprint density at radius 1 is 1.29 bits per heavy atom. The molecule has 0 amide bonds. The third kappa shape index (κ3) is 1.33. The maximum absolute atomic E-state index is 5.57. The molecule has 4 rings (SSSR count). The van der Waals surface area contributed by atoms with Crippen LogP contribution in [0.5, 0.6) is 0 Å². The van der Waals surface area contributed by atoms with Crippen molar-refractivity contribution in [1.82, 2.24) is 14.6 Å². The highest BCUT2D eigenvalue weighted by Crippen LogP contribution is 2.36. The SMILES string of the molecule is S=c1c2c(nc3cc(C4CCC4)[nH]n13)CCC2. The van der Waals surface area contributed by atoms with E-state index in [1.54, 1.807) is 0 Å². The molecule has 3 nitrogen and oxygen atoms in total. The van der Waals surface area contributed by atoms with Crippen LogP contribution < -0.4 is 0 Å². The first-order valence-corrected chi connectivity index (χ1v) is 6.87. The van der Waals surface area contributed by atoms with Crippen molar-refractivity contribution in [2.45, 2.75) is 44.4 Å². The van der Waals surface area contributed by atoms with Gasteiger partial charge in [-0.05, 0) is 32.1 Å². The second-order valence-corrected chi connectivity index (χ2v) is 5.62. The Morgan fingerprint density at radius 3 is 2.94 bits per heavy atom. The molecule has 4 heteroatoms. The normalized spacial score (nSPS) is 19.5. The van der Waals surface area contributed by atoms with Gasteiger partial charge in [-0.3, -0.25) is 5.10 Å². The molecule has 1 N–H and O–H groups in total. The van der Waals surface area contributed by atoms with Crippen LogP contribution in [0.3, 0.4) is 0 Å². The topological polar surface area (TPSA) is 33.1 Å². The van der Waals surface area contributed by atoms with E-state index in [0.29, 0.717) is 5.92 Å². The zero-order chi connectivity index (χ0) is 11.4. The highest BCUT2D eigenvalue weighted by atomic mass is 32.1. The summed E-state index contributed by atoms with van der Waals surface area (Å²) in [5.74, 6) is 0.709. The molecule has 2 aromatic rings. The lowest BCUT2D eigenvalue weighted by Crippen LogP contribution is -2.09. The summed E-state index contributed by atoms with van der Waals surface area (Å²) < 4.78 is 2.96. The molecule has 2 aromatic heterocycles. The number of hydrogen-bond donors (Lipinski definition) is 1. The van der Waals surface area contributed by atoms with Gasteiger partial charge in [-0.25, -0.2) is 9.50 Å². The van der Waals surface area contributed by atoms with Crippen molar-refractivity contribution in [2.75, 3.05) is 0 Å². The summed E-state index contributed by atoms with van der Waals surface area (Å²) in [6, 6.07) is 2.19. The summed E-state index contributed by atoms with van der Waals surface area (Å²) in [5, 5.41) is 3.45. The maximum Gasteiger partial charge on any atom is 0.154 e. The zero-order valence-electron chi connectivity index (χ0n) is 9.70. The minimum Gasteiger partial charge on any atom is -0.295 e. The third-order valence-electron chi connectivity index (χ3n) is 4.20. The van der Waals surface area contributed by atoms with Crippen molar-refractivity contribution in [3.8, 4) is 0 Å². The first kappa shape index (κ1) is 9.83. The van der Waals surface area contributed by atoms with Crippen LogP contribution in [0.15, 0.2) is 6.07 Å². The molecule has 17 heavy (non-hydrogen) atoms. The molecule has 0 unspecified atom stereocenters. The summed E-state index contributed by atoms with van der Waals surface area (Å²) in [6.45, 7) is 0. The molecular weight excluding hydrogens is 230 g/mol. The minimum atomic E-state index is 0.709. The van der Waals surface area contributed by atoms with Crippen LogP contribution in [0.2, 0.25) is 0 Å². The summed E-state index contributed by atoms with van der Waals surface area (Å²) in [6.07, 6.45) is 7.37. The number of rotatable bonds is 1. The molecule has 2 aliphatic carbocycles. The molecule has 0 bridgehead atoms. The maximum atomic E-state index is 5.57. The van der Waals surface area contributed by atoms with Gasteiger partial charge >= 0.3 is 0 Å². The van der Waals surface area contributed by atoms with Crippen molar-refractivity contribution in [3.63, 3.8) is 0 Å². The number of H-pyrrole nitrogens is 1. The second kappa shape index (κ2) is 3.42. The van der Waals surface area contributed by atoms with Gasteiger partial charge in [0.15, 0.2) is 5.65 Å². The van der Waals surface area contributed by atoms with Crippen LogP contribution >= 0.6 is 12.2 Å². The summed E-state index contributed by atoms with van der Waals surface area (Å²) in [5.41, 5.74) is 4.85. The fourth-order valence-electron chi connectivity index (χ4n) is 2.94. The van der Waals surface area contributed by atoms with Crippen LogP contribution in [-0.2, 0) is 12.8 Å². The number of aryl methyl sites for hydroxylation is 1. The van der Waals surface area contributed by atoms with Gasteiger partial charge in [-0.15, -0.1) is 0 Å². The Balaban J connectivity index is 1.95. The van der Waals surface area contributed by atoms with E-state index in [1.807, 2.05) is 4.52 Å². The molecule has 0 aliphatic heterocycles. The highest BCUT2D eigenvalue weighted by molar-refractivity contribution is 7.71. The highest BCUT2D eigenvalue weighted by Gasteiger charge is 2.23. The average molecular weight is 245 g/mol. The lowest BCUT2D eigenvalue weighted by Gasteiger charge is -2.23. The fourth-order valence-corrected chi connectivity index (χ4v) is 3.30. The van der Waals surface area contributed by atoms with Gasteiger partial charge in [0.1, 0.15) is 4.64 Å². The van der Waals surface area contributed by atoms with Crippen LogP contribution in [0.25, 0.3) is 5.65 Å². The number of nitrogens with zero attached hydrogens (tertiary/aromatic N) is 2. The Bertz CT molecular complexity index is 648. The number of aromatic nitrogens is 3. The molecule has 2 aliphatic rings. The molecular formula is C13H15N3S. The minimum absolute atomic E-state index is 0.709. The van der Waals surface area contributed by atoms with Crippen LogP contribution in [-0.4, -0.2) is 14.6 Å². The quantitative estimate of drug-likeness (QED) is 0.783. The van der Waals surface area contributed by atoms with E-state index in [0.717, 1.165) is 23.1 Å². The number of fused-ring (bicyclic) bond motifs is 2. The molecule has 88 valence electrons. The summed E-state index contributed by atoms with van der Waals surface area (Å²) in [7, 11) is 0. The Hall–Kier alpha value is -1.16. The van der Waals surface area contributed by atoms with Gasteiger partial charge in [0, 0.05) is 28.9 Å². The van der Waals surface area contributed by atoms with E-state index in [4.69, 9.17) is 17.2 Å². The Morgan fingerprint density at radius 2 is 2.18 bits per heavy atom. The van der Waals surface area contributed by atoms with Gasteiger partial charge in [-0.1, -0.05) is 18.6 Å². The first-order valence-electron chi connectivity index (χ1n) is 6.46. The zero-order valence-corrected chi connectivity index (χ0v) is 10.5. The molecule has 1 fully saturated rings. The van der Waals surface area contributed by atoms with E-state index in [2.05, 4.69) is 11.2 Å². The average Bonchev–Trinajstić information content (AvgIpc) is 2.82. The summed E-state index contributed by atoms with van der Waals surface area (Å²) in [4.78, 5) is 4.74. The van der Waals surface area contributed by atoms with Gasteiger partial charge in [0.2, 0.25) is 0 Å². The largest absolute Gasteiger partial charge is 0.295 e. The standard InChI is InChI=1S/C13H15N3S/c17-13-9-5-2-6-10(9)14-12-7-11(15-16(12)13)8-3-1-4-8/h7-8,15H,1-6H2. The van der Waals surface area contributed by atoms with E-state index in [1.165, 1.54) is 42.6 Å². The van der Waals surface area contributed by atoms with Crippen molar-refractivity contribution in [2.24, 2.45) is 0 Å². The predicted octanol–water partition coefficient (Wildman–Crippen LogP) is 3.15. The van der Waals surface area contributed by atoms with Gasteiger partial charge in [-0.2, -0.15) is 0 Å². The lowest BCUT2D eigenvalue weighted by molar-refractivity contribution is 0.409. The first-order chi connectivity index (χ1) is 8.33. The number of hydrogen-bond acceptors (Lipinski definition) is 2. The van der Waals surface area contributed by atoms with Gasteiger partial charge < -0.3 is 0 Å². The van der Waals surface area contributed by atoms with E-state index >= 15 is 0 Å². The smallest absolute Gasteiger partial charge is 0.154 e. The van der Waals surface area contributed by atoms with Crippen molar-refractivity contribution < 1.29 is 0 Å². The van der Waals surface area contributed by atoms with E-state index in [9.17, 15) is 0 Å². The molecule has 1 saturated carbocycles. The van der Waals surface area contributed by atoms with Crippen molar-refractivity contribution in [3.05, 3.63) is 27.7 Å². The molecule has 0 saturated heterocycles. The second-order valence-electron chi connectivity index (χ2n) is 5.23. The van der Waals surface area contributed by atoms with Gasteiger partial charge in [0.05, 0.1) is 0 Å². The monoisotopic (exact) mass is 245 g/mol. The molecule has 0 aromatic carbocycles. The Kier molecular flexibility index (Phi) is 1.98. The number of nitrogens with one attached hydrogen (secondary N) is 1. The van der Waals surface area contributed by atoms with Crippen molar-refractivity contribution in [1.29, 1.82) is 0 Å². The van der Waals surface area contributed by atoms with Crippen LogP contribution in [0, 0.1) is 4.64 Å². The fraction of sp³-hybridized carbons (Fsp3) is 0.538. The molecule has 2 heterocycles. The summed E-state index contributed by atoms with van der Waals surface area (Å²) >= 11 is 5.57. The van der Waals surface area contributed by atoms with Crippen molar-refractivity contribution >= 4 is 17.9 Å². The molecule has 0 spiro atoms. The predicted molar refractivity (Wildman–Crippen MR) is 69.0 cm³/mol.